The number of anilines is 1. The van der Waals surface area contributed by atoms with Crippen molar-refractivity contribution in [3.05, 3.63) is 18.2 Å². The number of thiocarbonyl (C=S) groups is 2. The number of ether oxygens (including phenoxy) is 1. The molecule has 2 unspecified atom stereocenters. The van der Waals surface area contributed by atoms with Crippen LogP contribution in [0.4, 0.5) is 5.69 Å². The third-order valence-electron chi connectivity index (χ3n) is 3.88. The minimum absolute atomic E-state index is 0.0590. The van der Waals surface area contributed by atoms with Gasteiger partial charge in [-0.3, -0.25) is 4.90 Å². The van der Waals surface area contributed by atoms with Crippen LogP contribution in [0.3, 0.4) is 0 Å². The number of sulfone groups is 1. The van der Waals surface area contributed by atoms with Gasteiger partial charge in [0, 0.05) is 6.26 Å². The highest BCUT2D eigenvalue weighted by Crippen LogP contribution is 2.41. The highest BCUT2D eigenvalue weighted by Gasteiger charge is 2.44. The molecule has 0 aromatic heterocycles. The van der Waals surface area contributed by atoms with Gasteiger partial charge in [-0.05, 0) is 49.6 Å². The van der Waals surface area contributed by atoms with Gasteiger partial charge in [0.25, 0.3) is 0 Å². The molecule has 9 heteroatoms. The fourth-order valence-electron chi connectivity index (χ4n) is 2.74. The van der Waals surface area contributed by atoms with Crippen molar-refractivity contribution in [2.24, 2.45) is 5.73 Å². The molecule has 2 N–H and O–H groups in total. The molecule has 0 radical (unpaired) electrons. The van der Waals surface area contributed by atoms with Crippen LogP contribution in [-0.2, 0) is 9.84 Å². The van der Waals surface area contributed by atoms with E-state index in [4.69, 9.17) is 34.9 Å². The highest BCUT2D eigenvalue weighted by atomic mass is 32.2. The maximum atomic E-state index is 11.8. The van der Waals surface area contributed by atoms with Crippen molar-refractivity contribution < 1.29 is 13.2 Å². The van der Waals surface area contributed by atoms with E-state index >= 15 is 0 Å². The molecule has 3 rings (SSSR count). The third-order valence-corrected chi connectivity index (χ3v) is 5.62. The van der Waals surface area contributed by atoms with Crippen LogP contribution in [0.2, 0.25) is 0 Å². The molecule has 22 heavy (non-hydrogen) atoms. The molecule has 0 amide bonds. The minimum atomic E-state index is -3.32. The smallest absolute Gasteiger partial charge is 0.183 e. The van der Waals surface area contributed by atoms with Crippen molar-refractivity contribution in [2.45, 2.75) is 24.0 Å². The van der Waals surface area contributed by atoms with Crippen LogP contribution >= 0.6 is 24.4 Å². The Bertz CT molecular complexity index is 778. The lowest BCUT2D eigenvalue weighted by molar-refractivity contribution is 0.179. The molecule has 6 nitrogen and oxygen atoms in total. The van der Waals surface area contributed by atoms with Crippen LogP contribution in [0.25, 0.3) is 0 Å². The summed E-state index contributed by atoms with van der Waals surface area (Å²) in [4.78, 5) is 3.77. The van der Waals surface area contributed by atoms with Crippen LogP contribution in [0.15, 0.2) is 23.1 Å². The quantitative estimate of drug-likeness (QED) is 0.743. The molecule has 2 aliphatic rings. The molecule has 1 fully saturated rings. The first-order chi connectivity index (χ1) is 10.2. The molecule has 1 aromatic carbocycles. The normalized spacial score (nSPS) is 23.8. The number of hydrogen-bond acceptors (Lipinski definition) is 5. The zero-order valence-electron chi connectivity index (χ0n) is 12.0. The van der Waals surface area contributed by atoms with Crippen LogP contribution in [0, 0.1) is 0 Å². The molecule has 2 aliphatic heterocycles. The summed E-state index contributed by atoms with van der Waals surface area (Å²) in [5, 5.41) is 0.673. The Kier molecular flexibility index (Phi) is 3.54. The molecule has 1 aromatic rings. The average Bonchev–Trinajstić information content (AvgIpc) is 2.76. The van der Waals surface area contributed by atoms with Gasteiger partial charge in [-0.2, -0.15) is 0 Å². The fourth-order valence-corrected chi connectivity index (χ4v) is 4.00. The van der Waals surface area contributed by atoms with Crippen molar-refractivity contribution in [3.63, 3.8) is 0 Å². The third kappa shape index (κ3) is 2.33. The van der Waals surface area contributed by atoms with E-state index in [1.165, 1.54) is 12.3 Å². The van der Waals surface area contributed by atoms with Gasteiger partial charge < -0.3 is 15.4 Å². The molecule has 0 aliphatic carbocycles. The van der Waals surface area contributed by atoms with Crippen molar-refractivity contribution >= 4 is 50.2 Å². The Morgan fingerprint density at radius 1 is 1.45 bits per heavy atom. The first-order valence-electron chi connectivity index (χ1n) is 6.61. The summed E-state index contributed by atoms with van der Waals surface area (Å²) in [6.07, 6.45) is 1.05. The minimum Gasteiger partial charge on any atom is -0.486 e. The van der Waals surface area contributed by atoms with Crippen LogP contribution in [0.1, 0.15) is 6.92 Å². The zero-order valence-corrected chi connectivity index (χ0v) is 14.5. The maximum absolute atomic E-state index is 11.8. The van der Waals surface area contributed by atoms with E-state index in [0.717, 1.165) is 0 Å². The van der Waals surface area contributed by atoms with Gasteiger partial charge in [-0.1, -0.05) is 0 Å². The van der Waals surface area contributed by atoms with Crippen molar-refractivity contribution in [3.8, 4) is 5.75 Å². The van der Waals surface area contributed by atoms with E-state index in [-0.39, 0.29) is 22.2 Å². The lowest BCUT2D eigenvalue weighted by Gasteiger charge is -2.36. The molecule has 2 atom stereocenters. The van der Waals surface area contributed by atoms with Crippen molar-refractivity contribution in [1.82, 2.24) is 4.90 Å². The first kappa shape index (κ1) is 15.4. The molecule has 0 bridgehead atoms. The standard InChI is InChI=1S/C13H15N3O3S3/c1-7-10-6-15(12(14)20)13(21)16(10)9-5-8(22(2,17)18)3-4-11(9)19-7/h3-5,7,10H,6H2,1-2H3,(H2,14,20). The summed E-state index contributed by atoms with van der Waals surface area (Å²) in [5.41, 5.74) is 6.35. The second-order valence-corrected chi connectivity index (χ2v) is 8.19. The summed E-state index contributed by atoms with van der Waals surface area (Å²) in [6, 6.07) is 4.71. The van der Waals surface area contributed by atoms with Crippen LogP contribution in [0.5, 0.6) is 5.75 Å². The first-order valence-corrected chi connectivity index (χ1v) is 9.32. The molecular formula is C13H15N3O3S3. The number of nitrogens with zero attached hydrogens (tertiary/aromatic N) is 2. The molecule has 0 saturated carbocycles. The Labute approximate surface area is 139 Å². The van der Waals surface area contributed by atoms with Gasteiger partial charge in [0.2, 0.25) is 0 Å². The Balaban J connectivity index is 2.13. The topological polar surface area (TPSA) is 75.9 Å². The molecular weight excluding hydrogens is 342 g/mol. The summed E-state index contributed by atoms with van der Waals surface area (Å²) in [7, 11) is -3.32. The zero-order chi connectivity index (χ0) is 16.2. The van der Waals surface area contributed by atoms with Gasteiger partial charge in [-0.25, -0.2) is 8.42 Å². The van der Waals surface area contributed by atoms with Crippen LogP contribution in [-0.4, -0.2) is 48.5 Å². The monoisotopic (exact) mass is 357 g/mol. The maximum Gasteiger partial charge on any atom is 0.183 e. The lowest BCUT2D eigenvalue weighted by Crippen LogP contribution is -2.47. The van der Waals surface area contributed by atoms with Crippen LogP contribution < -0.4 is 15.4 Å². The average molecular weight is 357 g/mol. The highest BCUT2D eigenvalue weighted by molar-refractivity contribution is 7.90. The van der Waals surface area contributed by atoms with E-state index in [1.807, 2.05) is 11.8 Å². The largest absolute Gasteiger partial charge is 0.486 e. The predicted octanol–water partition coefficient (Wildman–Crippen LogP) is 0.890. The Hall–Kier alpha value is -1.45. The van der Waals surface area contributed by atoms with Gasteiger partial charge in [0.1, 0.15) is 11.9 Å². The van der Waals surface area contributed by atoms with Gasteiger partial charge in [0.15, 0.2) is 20.1 Å². The Morgan fingerprint density at radius 2 is 2.14 bits per heavy atom. The molecule has 2 heterocycles. The summed E-state index contributed by atoms with van der Waals surface area (Å²) < 4.78 is 29.5. The number of nitrogens with two attached hydrogens (primary N) is 1. The van der Waals surface area contributed by atoms with E-state index in [0.29, 0.717) is 23.1 Å². The fraction of sp³-hybridized carbons (Fsp3) is 0.385. The van der Waals surface area contributed by atoms with E-state index in [1.54, 1.807) is 17.0 Å². The molecule has 118 valence electrons. The SMILES string of the molecule is CC1Oc2ccc(S(C)(=O)=O)cc2N2C(=S)N(C(N)=S)CC12. The van der Waals surface area contributed by atoms with Crippen molar-refractivity contribution in [1.29, 1.82) is 0 Å². The van der Waals surface area contributed by atoms with E-state index < -0.39 is 9.84 Å². The second kappa shape index (κ2) is 5.04. The van der Waals surface area contributed by atoms with Gasteiger partial charge in [0.05, 0.1) is 23.2 Å². The number of hydrogen-bond donors (Lipinski definition) is 1. The summed E-state index contributed by atoms with van der Waals surface area (Å²) in [6.45, 7) is 2.47. The van der Waals surface area contributed by atoms with E-state index in [2.05, 4.69) is 0 Å². The Morgan fingerprint density at radius 3 is 2.73 bits per heavy atom. The summed E-state index contributed by atoms with van der Waals surface area (Å²) in [5.74, 6) is 0.600. The number of fused-ring (bicyclic) bond motifs is 3. The van der Waals surface area contributed by atoms with Gasteiger partial charge in [-0.15, -0.1) is 0 Å². The number of rotatable bonds is 1. The number of benzene rings is 1. The lowest BCUT2D eigenvalue weighted by atomic mass is 10.1. The van der Waals surface area contributed by atoms with E-state index in [9.17, 15) is 8.42 Å². The molecule has 0 spiro atoms. The second-order valence-electron chi connectivity index (χ2n) is 5.39. The van der Waals surface area contributed by atoms with Crippen molar-refractivity contribution in [2.75, 3.05) is 17.7 Å². The molecule has 1 saturated heterocycles. The summed E-state index contributed by atoms with van der Waals surface area (Å²) >= 11 is 10.5. The van der Waals surface area contributed by atoms with Gasteiger partial charge >= 0.3 is 0 Å². The predicted molar refractivity (Wildman–Crippen MR) is 92.0 cm³/mol.